The molecule has 4 aliphatic carbocycles. The van der Waals surface area contributed by atoms with Gasteiger partial charge in [-0.05, 0) is 79.4 Å². The molecule has 4 aliphatic rings. The summed E-state index contributed by atoms with van der Waals surface area (Å²) in [4.78, 5) is 12.0. The Kier molecular flexibility index (Phi) is 3.10. The molecule has 0 aromatic heterocycles. The van der Waals surface area contributed by atoms with Crippen LogP contribution in [-0.4, -0.2) is 17.0 Å². The lowest BCUT2D eigenvalue weighted by atomic mass is 9.48. The fourth-order valence-electron chi connectivity index (χ4n) is 6.88. The number of Topliss-reactive ketones (excluding diaryl/α,β-unsaturated/α-hetero) is 1. The molecule has 0 aromatic carbocycles. The summed E-state index contributed by atoms with van der Waals surface area (Å²) in [5, 5.41) is 10.1. The minimum Gasteiger partial charge on any atom is -0.393 e. The van der Waals surface area contributed by atoms with E-state index in [-0.39, 0.29) is 6.10 Å². The summed E-state index contributed by atoms with van der Waals surface area (Å²) in [6.07, 6.45) is 10.1. The molecule has 4 fully saturated rings. The van der Waals surface area contributed by atoms with E-state index in [0.717, 1.165) is 43.4 Å². The zero-order valence-electron chi connectivity index (χ0n) is 13.6. The highest BCUT2D eigenvalue weighted by Crippen LogP contribution is 2.63. The van der Waals surface area contributed by atoms with E-state index in [1.54, 1.807) is 0 Å². The van der Waals surface area contributed by atoms with Gasteiger partial charge in [0.1, 0.15) is 5.78 Å². The van der Waals surface area contributed by atoms with Crippen LogP contribution >= 0.6 is 0 Å². The van der Waals surface area contributed by atoms with E-state index in [0.29, 0.717) is 22.5 Å². The van der Waals surface area contributed by atoms with E-state index in [2.05, 4.69) is 13.8 Å². The maximum absolute atomic E-state index is 12.0. The molecular formula is C19H30O2. The lowest BCUT2D eigenvalue weighted by Crippen LogP contribution is -2.49. The second-order valence-corrected chi connectivity index (χ2v) is 9.37. The molecule has 7 atom stereocenters. The molecule has 0 bridgehead atoms. The van der Waals surface area contributed by atoms with Crippen LogP contribution in [-0.2, 0) is 4.79 Å². The van der Waals surface area contributed by atoms with Crippen molar-refractivity contribution in [2.24, 2.45) is 34.5 Å². The van der Waals surface area contributed by atoms with Crippen LogP contribution < -0.4 is 0 Å². The van der Waals surface area contributed by atoms with Gasteiger partial charge in [0.15, 0.2) is 0 Å². The third kappa shape index (κ3) is 2.12. The third-order valence-electron chi connectivity index (χ3n) is 7.97. The molecule has 0 saturated heterocycles. The minimum atomic E-state index is -0.0651. The predicted molar refractivity (Wildman–Crippen MR) is 82.7 cm³/mol. The van der Waals surface area contributed by atoms with Gasteiger partial charge in [0.2, 0.25) is 0 Å². The number of aliphatic hydroxyl groups is 1. The first kappa shape index (κ1) is 14.2. The zero-order chi connectivity index (χ0) is 14.8. The Morgan fingerprint density at radius 2 is 1.90 bits per heavy atom. The predicted octanol–water partition coefficient (Wildman–Crippen LogP) is 3.96. The Morgan fingerprint density at radius 1 is 1.10 bits per heavy atom. The molecular weight excluding hydrogens is 260 g/mol. The van der Waals surface area contributed by atoms with Gasteiger partial charge in [-0.1, -0.05) is 13.8 Å². The summed E-state index contributed by atoms with van der Waals surface area (Å²) in [7, 11) is 0. The van der Waals surface area contributed by atoms with Gasteiger partial charge >= 0.3 is 0 Å². The van der Waals surface area contributed by atoms with Crippen LogP contribution in [0.4, 0.5) is 0 Å². The summed E-state index contributed by atoms with van der Waals surface area (Å²) in [6.45, 7) is 4.82. The number of carbonyl (C=O) groups excluding carboxylic acids is 1. The molecule has 4 saturated carbocycles. The summed E-state index contributed by atoms with van der Waals surface area (Å²) >= 11 is 0. The Bertz CT molecular complexity index is 458. The van der Waals surface area contributed by atoms with Crippen LogP contribution in [0, 0.1) is 34.5 Å². The summed E-state index contributed by atoms with van der Waals surface area (Å²) in [5.74, 6) is 3.60. The zero-order valence-corrected chi connectivity index (χ0v) is 13.6. The van der Waals surface area contributed by atoms with E-state index in [9.17, 15) is 9.90 Å². The van der Waals surface area contributed by atoms with Crippen molar-refractivity contribution in [3.63, 3.8) is 0 Å². The Balaban J connectivity index is 1.59. The third-order valence-corrected chi connectivity index (χ3v) is 7.97. The molecule has 21 heavy (non-hydrogen) atoms. The maximum atomic E-state index is 12.0. The van der Waals surface area contributed by atoms with Gasteiger partial charge in [0.25, 0.3) is 0 Å². The van der Waals surface area contributed by atoms with Crippen molar-refractivity contribution in [3.8, 4) is 0 Å². The van der Waals surface area contributed by atoms with Gasteiger partial charge in [0, 0.05) is 12.8 Å². The van der Waals surface area contributed by atoms with Crippen molar-refractivity contribution in [1.82, 2.24) is 0 Å². The Hall–Kier alpha value is -0.370. The molecule has 1 N–H and O–H groups in total. The van der Waals surface area contributed by atoms with Gasteiger partial charge in [-0.25, -0.2) is 0 Å². The molecule has 0 radical (unpaired) electrons. The van der Waals surface area contributed by atoms with Crippen molar-refractivity contribution in [2.75, 3.05) is 0 Å². The number of aliphatic hydroxyl groups excluding tert-OH is 1. The molecule has 118 valence electrons. The monoisotopic (exact) mass is 290 g/mol. The molecule has 0 aliphatic heterocycles. The van der Waals surface area contributed by atoms with E-state index in [1.165, 1.54) is 32.1 Å². The summed E-state index contributed by atoms with van der Waals surface area (Å²) in [5.41, 5.74) is 0.690. The second-order valence-electron chi connectivity index (χ2n) is 9.37. The standard InChI is InChI=1S/C19H30O2/c1-18-6-5-12-9-19(2)10-14(20)4-3-13(19)7-16(12)17(18)8-15(21)11-18/h12-14,16-17,20H,3-11H2,1-2H3/t12-,13+,14+,16-,17+,18-,19-/m0/s1. The van der Waals surface area contributed by atoms with Crippen molar-refractivity contribution in [3.05, 3.63) is 0 Å². The van der Waals surface area contributed by atoms with Gasteiger partial charge < -0.3 is 5.11 Å². The highest BCUT2D eigenvalue weighted by Gasteiger charge is 2.56. The van der Waals surface area contributed by atoms with E-state index in [4.69, 9.17) is 0 Å². The number of ketones is 1. The molecule has 0 aromatic rings. The first-order chi connectivity index (χ1) is 9.90. The molecule has 0 unspecified atom stereocenters. The number of carbonyl (C=O) groups is 1. The first-order valence-corrected chi connectivity index (χ1v) is 9.09. The number of hydrogen-bond acceptors (Lipinski definition) is 2. The molecule has 2 nitrogen and oxygen atoms in total. The van der Waals surface area contributed by atoms with Gasteiger partial charge in [-0.15, -0.1) is 0 Å². The number of hydrogen-bond donors (Lipinski definition) is 1. The maximum Gasteiger partial charge on any atom is 0.133 e. The van der Waals surface area contributed by atoms with Crippen LogP contribution in [0.3, 0.4) is 0 Å². The molecule has 0 heterocycles. The number of rotatable bonds is 0. The van der Waals surface area contributed by atoms with Crippen LogP contribution in [0.2, 0.25) is 0 Å². The van der Waals surface area contributed by atoms with Crippen molar-refractivity contribution >= 4 is 5.78 Å². The number of fused-ring (bicyclic) bond motifs is 4. The highest BCUT2D eigenvalue weighted by atomic mass is 16.3. The van der Waals surface area contributed by atoms with Gasteiger partial charge in [-0.3, -0.25) is 4.79 Å². The van der Waals surface area contributed by atoms with Crippen molar-refractivity contribution in [1.29, 1.82) is 0 Å². The van der Waals surface area contributed by atoms with Gasteiger partial charge in [0.05, 0.1) is 6.10 Å². The lowest BCUT2D eigenvalue weighted by Gasteiger charge is -2.57. The van der Waals surface area contributed by atoms with Gasteiger partial charge in [-0.2, -0.15) is 0 Å². The van der Waals surface area contributed by atoms with E-state index in [1.807, 2.05) is 0 Å². The van der Waals surface area contributed by atoms with Crippen LogP contribution in [0.15, 0.2) is 0 Å². The van der Waals surface area contributed by atoms with Crippen LogP contribution in [0.5, 0.6) is 0 Å². The summed E-state index contributed by atoms with van der Waals surface area (Å²) in [6, 6.07) is 0. The molecule has 2 heteroatoms. The Labute approximate surface area is 128 Å². The lowest BCUT2D eigenvalue weighted by molar-refractivity contribution is -0.118. The smallest absolute Gasteiger partial charge is 0.133 e. The molecule has 0 amide bonds. The average molecular weight is 290 g/mol. The van der Waals surface area contributed by atoms with E-state index >= 15 is 0 Å². The van der Waals surface area contributed by atoms with E-state index < -0.39 is 0 Å². The van der Waals surface area contributed by atoms with Crippen molar-refractivity contribution in [2.45, 2.75) is 77.7 Å². The fourth-order valence-corrected chi connectivity index (χ4v) is 6.88. The van der Waals surface area contributed by atoms with Crippen LogP contribution in [0.1, 0.15) is 71.6 Å². The summed E-state index contributed by atoms with van der Waals surface area (Å²) < 4.78 is 0. The highest BCUT2D eigenvalue weighted by molar-refractivity contribution is 5.82. The molecule has 4 rings (SSSR count). The minimum absolute atomic E-state index is 0.0651. The first-order valence-electron chi connectivity index (χ1n) is 9.09. The largest absolute Gasteiger partial charge is 0.393 e. The van der Waals surface area contributed by atoms with Crippen molar-refractivity contribution < 1.29 is 9.90 Å². The average Bonchev–Trinajstić information content (AvgIpc) is 2.70. The second kappa shape index (κ2) is 4.57. The fraction of sp³-hybridized carbons (Fsp3) is 0.947. The Morgan fingerprint density at radius 3 is 2.71 bits per heavy atom. The quantitative estimate of drug-likeness (QED) is 0.733. The van der Waals surface area contributed by atoms with Crippen LogP contribution in [0.25, 0.3) is 0 Å². The normalized spacial score (nSPS) is 56.5. The molecule has 0 spiro atoms. The SMILES string of the molecule is C[C@]12C[C@H](O)CC[C@@H]1C[C@H]1[C@@H](CC[C@@]3(C)CC(=O)C[C@H]13)C2. The topological polar surface area (TPSA) is 37.3 Å².